The second-order valence-electron chi connectivity index (χ2n) is 3.40. The van der Waals surface area contributed by atoms with Crippen molar-refractivity contribution < 1.29 is 5.11 Å². The van der Waals surface area contributed by atoms with Crippen molar-refractivity contribution in [2.75, 3.05) is 26.2 Å². The van der Waals surface area contributed by atoms with Crippen LogP contribution in [0.5, 0.6) is 0 Å². The number of nitrogens with zero attached hydrogens (tertiary/aromatic N) is 2. The van der Waals surface area contributed by atoms with Crippen LogP contribution in [0.25, 0.3) is 0 Å². The van der Waals surface area contributed by atoms with Gasteiger partial charge >= 0.3 is 0 Å². The molecule has 1 fully saturated rings. The van der Waals surface area contributed by atoms with Crippen molar-refractivity contribution in [1.29, 1.82) is 0 Å². The van der Waals surface area contributed by atoms with E-state index in [1.165, 1.54) is 0 Å². The van der Waals surface area contributed by atoms with E-state index in [9.17, 15) is 0 Å². The van der Waals surface area contributed by atoms with E-state index in [-0.39, 0.29) is 6.61 Å². The fraction of sp³-hybridized carbons (Fsp3) is 0.667. The van der Waals surface area contributed by atoms with Gasteiger partial charge in [-0.3, -0.25) is 4.90 Å². The molecule has 1 aliphatic heterocycles. The SMILES string of the molecule is OCc1cnc(CN2CCNCC2)s1. The zero-order chi connectivity index (χ0) is 9.80. The molecule has 0 amide bonds. The summed E-state index contributed by atoms with van der Waals surface area (Å²) in [5, 5.41) is 13.3. The first-order valence-corrected chi connectivity index (χ1v) is 5.67. The summed E-state index contributed by atoms with van der Waals surface area (Å²) >= 11 is 1.60. The molecule has 1 saturated heterocycles. The van der Waals surface area contributed by atoms with Gasteiger partial charge in [0.25, 0.3) is 0 Å². The Morgan fingerprint density at radius 2 is 2.29 bits per heavy atom. The summed E-state index contributed by atoms with van der Waals surface area (Å²) < 4.78 is 0. The molecule has 0 saturated carbocycles. The van der Waals surface area contributed by atoms with Crippen LogP contribution < -0.4 is 5.32 Å². The van der Waals surface area contributed by atoms with E-state index in [1.54, 1.807) is 17.5 Å². The number of aromatic nitrogens is 1. The Morgan fingerprint density at radius 3 is 2.93 bits per heavy atom. The minimum absolute atomic E-state index is 0.110. The minimum Gasteiger partial charge on any atom is -0.391 e. The molecule has 2 N–H and O–H groups in total. The molecule has 0 atom stereocenters. The third kappa shape index (κ3) is 2.51. The zero-order valence-corrected chi connectivity index (χ0v) is 8.89. The van der Waals surface area contributed by atoms with E-state index in [1.807, 2.05) is 0 Å². The van der Waals surface area contributed by atoms with Gasteiger partial charge in [-0.15, -0.1) is 11.3 Å². The fourth-order valence-electron chi connectivity index (χ4n) is 1.55. The molecule has 5 heteroatoms. The summed E-state index contributed by atoms with van der Waals surface area (Å²) in [6, 6.07) is 0. The van der Waals surface area contributed by atoms with Crippen molar-refractivity contribution >= 4 is 11.3 Å². The second-order valence-corrected chi connectivity index (χ2v) is 4.60. The van der Waals surface area contributed by atoms with Gasteiger partial charge in [-0.25, -0.2) is 4.98 Å². The lowest BCUT2D eigenvalue weighted by Crippen LogP contribution is -2.42. The lowest BCUT2D eigenvalue weighted by molar-refractivity contribution is 0.233. The van der Waals surface area contributed by atoms with Crippen molar-refractivity contribution in [1.82, 2.24) is 15.2 Å². The first kappa shape index (κ1) is 10.0. The number of hydrogen-bond acceptors (Lipinski definition) is 5. The van der Waals surface area contributed by atoms with E-state index in [2.05, 4.69) is 15.2 Å². The van der Waals surface area contributed by atoms with Crippen molar-refractivity contribution in [2.45, 2.75) is 13.2 Å². The Kier molecular flexibility index (Phi) is 3.47. The van der Waals surface area contributed by atoms with E-state index in [0.717, 1.165) is 42.6 Å². The van der Waals surface area contributed by atoms with Crippen molar-refractivity contribution in [2.24, 2.45) is 0 Å². The molecule has 1 aromatic heterocycles. The average molecular weight is 213 g/mol. The van der Waals surface area contributed by atoms with Crippen molar-refractivity contribution in [3.63, 3.8) is 0 Å². The molecule has 1 aromatic rings. The maximum absolute atomic E-state index is 8.90. The summed E-state index contributed by atoms with van der Waals surface area (Å²) in [6.45, 7) is 5.35. The lowest BCUT2D eigenvalue weighted by atomic mass is 10.3. The molecule has 0 bridgehead atoms. The fourth-order valence-corrected chi connectivity index (χ4v) is 2.38. The van der Waals surface area contributed by atoms with E-state index in [0.29, 0.717) is 0 Å². The first-order chi connectivity index (χ1) is 6.88. The molecule has 78 valence electrons. The van der Waals surface area contributed by atoms with Crippen LogP contribution in [0.2, 0.25) is 0 Å². The highest BCUT2D eigenvalue weighted by atomic mass is 32.1. The second kappa shape index (κ2) is 4.84. The third-order valence-corrected chi connectivity index (χ3v) is 3.29. The molecule has 14 heavy (non-hydrogen) atoms. The molecule has 0 aliphatic carbocycles. The van der Waals surface area contributed by atoms with Crippen LogP contribution in [-0.2, 0) is 13.2 Å². The number of aliphatic hydroxyl groups excluding tert-OH is 1. The molecule has 2 rings (SSSR count). The third-order valence-electron chi connectivity index (χ3n) is 2.33. The summed E-state index contributed by atoms with van der Waals surface area (Å²) in [7, 11) is 0. The van der Waals surface area contributed by atoms with Gasteiger partial charge in [0.2, 0.25) is 0 Å². The van der Waals surface area contributed by atoms with Crippen LogP contribution in [0.15, 0.2) is 6.20 Å². The lowest BCUT2D eigenvalue weighted by Gasteiger charge is -2.26. The molecule has 0 radical (unpaired) electrons. The Hall–Kier alpha value is -0.490. The molecule has 2 heterocycles. The highest BCUT2D eigenvalue weighted by Gasteiger charge is 2.11. The van der Waals surface area contributed by atoms with Crippen LogP contribution in [-0.4, -0.2) is 41.2 Å². The topological polar surface area (TPSA) is 48.4 Å². The number of piperazine rings is 1. The highest BCUT2D eigenvalue weighted by Crippen LogP contribution is 2.14. The summed E-state index contributed by atoms with van der Waals surface area (Å²) in [6.07, 6.45) is 1.77. The Morgan fingerprint density at radius 1 is 1.50 bits per heavy atom. The van der Waals surface area contributed by atoms with Crippen LogP contribution in [0.3, 0.4) is 0 Å². The monoisotopic (exact) mass is 213 g/mol. The number of nitrogens with one attached hydrogen (secondary N) is 1. The van der Waals surface area contributed by atoms with Gasteiger partial charge < -0.3 is 10.4 Å². The van der Waals surface area contributed by atoms with E-state index in [4.69, 9.17) is 5.11 Å². The molecule has 0 unspecified atom stereocenters. The largest absolute Gasteiger partial charge is 0.391 e. The van der Waals surface area contributed by atoms with Gasteiger partial charge in [0.05, 0.1) is 18.0 Å². The zero-order valence-electron chi connectivity index (χ0n) is 8.07. The minimum atomic E-state index is 0.110. The number of hydrogen-bond donors (Lipinski definition) is 2. The number of aliphatic hydroxyl groups is 1. The normalized spacial score (nSPS) is 18.6. The maximum Gasteiger partial charge on any atom is 0.107 e. The summed E-state index contributed by atoms with van der Waals surface area (Å²) in [5.41, 5.74) is 0. The molecular weight excluding hydrogens is 198 g/mol. The van der Waals surface area contributed by atoms with Crippen molar-refractivity contribution in [3.8, 4) is 0 Å². The number of thiazole rings is 1. The smallest absolute Gasteiger partial charge is 0.107 e. The number of rotatable bonds is 3. The predicted octanol–water partition coefficient (Wildman–Crippen LogP) is 0.0406. The van der Waals surface area contributed by atoms with Gasteiger partial charge in [-0.05, 0) is 0 Å². The average Bonchev–Trinajstić information content (AvgIpc) is 2.67. The molecule has 0 spiro atoms. The molecule has 1 aliphatic rings. The molecule has 4 nitrogen and oxygen atoms in total. The van der Waals surface area contributed by atoms with Crippen LogP contribution in [0.4, 0.5) is 0 Å². The van der Waals surface area contributed by atoms with E-state index >= 15 is 0 Å². The van der Waals surface area contributed by atoms with Crippen molar-refractivity contribution in [3.05, 3.63) is 16.1 Å². The Labute approximate surface area is 87.6 Å². The predicted molar refractivity (Wildman–Crippen MR) is 56.2 cm³/mol. The van der Waals surface area contributed by atoms with Crippen LogP contribution in [0.1, 0.15) is 9.88 Å². The molecular formula is C9H15N3OS. The molecule has 0 aromatic carbocycles. The highest BCUT2D eigenvalue weighted by molar-refractivity contribution is 7.11. The van der Waals surface area contributed by atoms with E-state index < -0.39 is 0 Å². The van der Waals surface area contributed by atoms with Gasteiger partial charge in [-0.1, -0.05) is 0 Å². The van der Waals surface area contributed by atoms with Gasteiger partial charge in [-0.2, -0.15) is 0 Å². The van der Waals surface area contributed by atoms with Crippen LogP contribution >= 0.6 is 11.3 Å². The quantitative estimate of drug-likeness (QED) is 0.744. The standard InChI is InChI=1S/C9H15N3OS/c13-7-8-5-11-9(14-8)6-12-3-1-10-2-4-12/h5,10,13H,1-4,6-7H2. The van der Waals surface area contributed by atoms with Gasteiger partial charge in [0.15, 0.2) is 0 Å². The Bertz CT molecular complexity index is 283. The first-order valence-electron chi connectivity index (χ1n) is 4.86. The summed E-state index contributed by atoms with van der Waals surface area (Å²) in [4.78, 5) is 7.62. The maximum atomic E-state index is 8.90. The summed E-state index contributed by atoms with van der Waals surface area (Å²) in [5.74, 6) is 0. The Balaban J connectivity index is 1.89. The van der Waals surface area contributed by atoms with Gasteiger partial charge in [0.1, 0.15) is 5.01 Å². The van der Waals surface area contributed by atoms with Crippen LogP contribution in [0, 0.1) is 0 Å². The van der Waals surface area contributed by atoms with Gasteiger partial charge in [0, 0.05) is 32.4 Å².